The molecule has 0 unspecified atom stereocenters. The minimum atomic E-state index is 0.881. The van der Waals surface area contributed by atoms with Gasteiger partial charge in [0.25, 0.3) is 0 Å². The van der Waals surface area contributed by atoms with Crippen molar-refractivity contribution in [2.75, 3.05) is 32.7 Å². The molecule has 2 aliphatic carbocycles. The quantitative estimate of drug-likeness (QED) is 0.782. The lowest BCUT2D eigenvalue weighted by atomic mass is 9.93. The topological polar surface area (TPSA) is 6.48 Å². The molecule has 3 atom stereocenters. The van der Waals surface area contributed by atoms with Crippen molar-refractivity contribution in [1.82, 2.24) is 9.80 Å². The van der Waals surface area contributed by atoms with E-state index in [0.717, 1.165) is 29.3 Å². The van der Waals surface area contributed by atoms with Crippen LogP contribution in [0.15, 0.2) is 36.4 Å². The predicted molar refractivity (Wildman–Crippen MR) is 92.0 cm³/mol. The van der Waals surface area contributed by atoms with E-state index in [1.807, 2.05) is 12.1 Å². The van der Waals surface area contributed by atoms with Gasteiger partial charge in [0.05, 0.1) is 0 Å². The molecule has 0 aromatic heterocycles. The highest BCUT2D eigenvalue weighted by atomic mass is 35.5. The Morgan fingerprint density at radius 1 is 0.955 bits per heavy atom. The summed E-state index contributed by atoms with van der Waals surface area (Å²) in [7, 11) is 0. The minimum absolute atomic E-state index is 0.881. The largest absolute Gasteiger partial charge is 0.300 e. The maximum atomic E-state index is 6.28. The van der Waals surface area contributed by atoms with Gasteiger partial charge in [-0.15, -0.1) is 0 Å². The first-order valence-electron chi connectivity index (χ1n) is 8.64. The monoisotopic (exact) mass is 316 g/mol. The van der Waals surface area contributed by atoms with E-state index in [2.05, 4.69) is 34.1 Å². The molecule has 1 aromatic rings. The van der Waals surface area contributed by atoms with Gasteiger partial charge in [-0.05, 0) is 42.2 Å². The summed E-state index contributed by atoms with van der Waals surface area (Å²) in [6, 6.07) is 8.24. The molecule has 1 aliphatic heterocycles. The highest BCUT2D eigenvalue weighted by Crippen LogP contribution is 2.43. The van der Waals surface area contributed by atoms with Crippen LogP contribution in [0.5, 0.6) is 0 Å². The summed E-state index contributed by atoms with van der Waals surface area (Å²) in [6.45, 7) is 7.06. The SMILES string of the molecule is Clc1ccccc1CN1CCN(C[C@@H]2C[C@H]3C=C[C@@H]2C3)CC1. The summed E-state index contributed by atoms with van der Waals surface area (Å²) in [4.78, 5) is 5.22. The van der Waals surface area contributed by atoms with Gasteiger partial charge in [0, 0.05) is 44.3 Å². The number of hydrogen-bond acceptors (Lipinski definition) is 2. The van der Waals surface area contributed by atoms with Crippen molar-refractivity contribution >= 4 is 11.6 Å². The summed E-state index contributed by atoms with van der Waals surface area (Å²) >= 11 is 6.28. The highest BCUT2D eigenvalue weighted by Gasteiger charge is 2.36. The van der Waals surface area contributed by atoms with Gasteiger partial charge in [-0.25, -0.2) is 0 Å². The molecule has 3 aliphatic rings. The van der Waals surface area contributed by atoms with Crippen LogP contribution in [0.3, 0.4) is 0 Å². The Morgan fingerprint density at radius 2 is 1.73 bits per heavy atom. The zero-order valence-corrected chi connectivity index (χ0v) is 13.9. The van der Waals surface area contributed by atoms with Crippen LogP contribution in [0.2, 0.25) is 5.02 Å². The molecule has 3 heteroatoms. The number of piperazine rings is 1. The number of benzene rings is 1. The van der Waals surface area contributed by atoms with Crippen molar-refractivity contribution in [3.8, 4) is 0 Å². The Bertz CT molecular complexity index is 548. The van der Waals surface area contributed by atoms with E-state index in [0.29, 0.717) is 0 Å². The van der Waals surface area contributed by atoms with Crippen LogP contribution in [0, 0.1) is 17.8 Å². The Kier molecular flexibility index (Phi) is 4.25. The molecule has 0 amide bonds. The first-order valence-corrected chi connectivity index (χ1v) is 9.02. The Labute approximate surface area is 138 Å². The molecule has 0 radical (unpaired) electrons. The maximum Gasteiger partial charge on any atom is 0.0451 e. The molecule has 2 nitrogen and oxygen atoms in total. The van der Waals surface area contributed by atoms with E-state index >= 15 is 0 Å². The average molecular weight is 317 g/mol. The number of halogens is 1. The average Bonchev–Trinajstić information content (AvgIpc) is 3.14. The van der Waals surface area contributed by atoms with Gasteiger partial charge in [0.15, 0.2) is 0 Å². The van der Waals surface area contributed by atoms with Gasteiger partial charge in [0.1, 0.15) is 0 Å². The third-order valence-corrected chi connectivity index (χ3v) is 6.09. The standard InChI is InChI=1S/C19H25ClN2/c20-19-4-2-1-3-17(19)13-21-7-9-22(10-8-21)14-18-12-15-5-6-16(18)11-15/h1-6,15-16,18H,7-14H2/t15-,16+,18-/m0/s1. The van der Waals surface area contributed by atoms with Gasteiger partial charge in [-0.3, -0.25) is 4.90 Å². The molecule has 2 bridgehead atoms. The van der Waals surface area contributed by atoms with Crippen LogP contribution in [-0.2, 0) is 6.54 Å². The fraction of sp³-hybridized carbons (Fsp3) is 0.579. The number of rotatable bonds is 4. The Morgan fingerprint density at radius 3 is 2.41 bits per heavy atom. The summed E-state index contributed by atoms with van der Waals surface area (Å²) in [5.41, 5.74) is 1.26. The van der Waals surface area contributed by atoms with E-state index < -0.39 is 0 Å². The van der Waals surface area contributed by atoms with Gasteiger partial charge < -0.3 is 4.90 Å². The van der Waals surface area contributed by atoms with E-state index in [4.69, 9.17) is 11.6 Å². The van der Waals surface area contributed by atoms with Crippen LogP contribution in [0.25, 0.3) is 0 Å². The lowest BCUT2D eigenvalue weighted by molar-refractivity contribution is 0.108. The Balaban J connectivity index is 1.26. The molecule has 0 N–H and O–H groups in total. The number of nitrogens with zero attached hydrogens (tertiary/aromatic N) is 2. The van der Waals surface area contributed by atoms with Crippen molar-refractivity contribution in [3.05, 3.63) is 47.0 Å². The molecule has 4 rings (SSSR count). The molecule has 1 heterocycles. The van der Waals surface area contributed by atoms with E-state index in [-0.39, 0.29) is 0 Å². The fourth-order valence-corrected chi connectivity index (χ4v) is 4.63. The van der Waals surface area contributed by atoms with Crippen LogP contribution in [0.4, 0.5) is 0 Å². The minimum Gasteiger partial charge on any atom is -0.300 e. The van der Waals surface area contributed by atoms with Crippen LogP contribution < -0.4 is 0 Å². The molecule has 1 saturated carbocycles. The second-order valence-corrected chi connectivity index (χ2v) is 7.62. The summed E-state index contributed by atoms with van der Waals surface area (Å²) in [5, 5.41) is 0.902. The molecular weight excluding hydrogens is 292 g/mol. The summed E-state index contributed by atoms with van der Waals surface area (Å²) in [6.07, 6.45) is 7.79. The van der Waals surface area contributed by atoms with E-state index in [1.54, 1.807) is 0 Å². The van der Waals surface area contributed by atoms with Gasteiger partial charge >= 0.3 is 0 Å². The van der Waals surface area contributed by atoms with Gasteiger partial charge in [-0.2, -0.15) is 0 Å². The van der Waals surface area contributed by atoms with Crippen molar-refractivity contribution in [3.63, 3.8) is 0 Å². The predicted octanol–water partition coefficient (Wildman–Crippen LogP) is 3.67. The highest BCUT2D eigenvalue weighted by molar-refractivity contribution is 6.31. The first-order chi connectivity index (χ1) is 10.8. The maximum absolute atomic E-state index is 6.28. The lowest BCUT2D eigenvalue weighted by Gasteiger charge is -2.37. The van der Waals surface area contributed by atoms with E-state index in [9.17, 15) is 0 Å². The van der Waals surface area contributed by atoms with Crippen LogP contribution in [-0.4, -0.2) is 42.5 Å². The molecule has 118 valence electrons. The van der Waals surface area contributed by atoms with Crippen LogP contribution in [0.1, 0.15) is 18.4 Å². The summed E-state index contributed by atoms with van der Waals surface area (Å²) < 4.78 is 0. The zero-order valence-electron chi connectivity index (χ0n) is 13.1. The van der Waals surface area contributed by atoms with Crippen molar-refractivity contribution < 1.29 is 0 Å². The second kappa shape index (κ2) is 6.35. The number of hydrogen-bond donors (Lipinski definition) is 0. The molecule has 2 fully saturated rings. The lowest BCUT2D eigenvalue weighted by Crippen LogP contribution is -2.47. The molecule has 0 spiro atoms. The molecule has 22 heavy (non-hydrogen) atoms. The van der Waals surface area contributed by atoms with Gasteiger partial charge in [0.2, 0.25) is 0 Å². The first kappa shape index (κ1) is 14.7. The smallest absolute Gasteiger partial charge is 0.0451 e. The number of fused-ring (bicyclic) bond motifs is 2. The van der Waals surface area contributed by atoms with Gasteiger partial charge in [-0.1, -0.05) is 42.0 Å². The van der Waals surface area contributed by atoms with Crippen molar-refractivity contribution in [1.29, 1.82) is 0 Å². The summed E-state index contributed by atoms with van der Waals surface area (Å²) in [5.74, 6) is 2.70. The van der Waals surface area contributed by atoms with Crippen LogP contribution >= 0.6 is 11.6 Å². The molecule has 1 saturated heterocycles. The fourth-order valence-electron chi connectivity index (χ4n) is 4.43. The van der Waals surface area contributed by atoms with Crippen molar-refractivity contribution in [2.45, 2.75) is 19.4 Å². The zero-order chi connectivity index (χ0) is 14.9. The number of allylic oxidation sites excluding steroid dienone is 2. The molecular formula is C19H25ClN2. The van der Waals surface area contributed by atoms with Crippen molar-refractivity contribution in [2.24, 2.45) is 17.8 Å². The Hall–Kier alpha value is -0.830. The van der Waals surface area contributed by atoms with E-state index in [1.165, 1.54) is 51.1 Å². The third-order valence-electron chi connectivity index (χ3n) is 5.73. The third kappa shape index (κ3) is 3.10. The second-order valence-electron chi connectivity index (χ2n) is 7.21. The normalized spacial score (nSPS) is 32.0. The molecule has 1 aromatic carbocycles.